The van der Waals surface area contributed by atoms with Gasteiger partial charge in [0.25, 0.3) is 0 Å². The first-order valence-electron chi connectivity index (χ1n) is 15.5. The van der Waals surface area contributed by atoms with Gasteiger partial charge in [0.2, 0.25) is 11.5 Å². The van der Waals surface area contributed by atoms with Gasteiger partial charge in [-0.2, -0.15) is 13.2 Å². The Labute approximate surface area is 287 Å². The van der Waals surface area contributed by atoms with Crippen molar-refractivity contribution in [2.45, 2.75) is 50.6 Å². The van der Waals surface area contributed by atoms with Crippen LogP contribution in [0.5, 0.6) is 17.4 Å². The number of alkyl halides is 3. The molecule has 0 spiro atoms. The maximum Gasteiger partial charge on any atom is 0.422 e. The van der Waals surface area contributed by atoms with Crippen molar-refractivity contribution in [3.05, 3.63) is 101 Å². The maximum atomic E-state index is 14.9. The highest BCUT2D eigenvalue weighted by atomic mass is 19.4. The van der Waals surface area contributed by atoms with E-state index in [1.807, 2.05) is 6.07 Å². The number of rotatable bonds is 15. The van der Waals surface area contributed by atoms with Crippen LogP contribution >= 0.6 is 0 Å². The van der Waals surface area contributed by atoms with E-state index in [0.29, 0.717) is 5.56 Å². The standard InChI is InChI=1S/C36H38F3N3O8/c1-34(2,42-33(45)50-22-23-8-6-5-7-9-23)26-20-27(24-13-15-40-32(19-24)48-4)41-31(21-26)35(46,36(37,38)39)14-12-28(44)25-10-11-29(49-17-16-43)30(18-25)47-3/h5-11,13,15,18-21,43,46H,12,14,16-17,22H2,1-4H3,(H,42,45). The predicted molar refractivity (Wildman–Crippen MR) is 176 cm³/mol. The topological polar surface area (TPSA) is 149 Å². The number of hydrogen-bond donors (Lipinski definition) is 3. The fraction of sp³-hybridized carbons (Fsp3) is 0.333. The SMILES string of the molecule is COc1cc(-c2cc(C(C)(C)NC(=O)OCc3ccccc3)cc(C(O)(CCC(=O)c3ccc(OCCO)c(OC)c3)C(F)(F)F)n2)ccn1. The van der Waals surface area contributed by atoms with Gasteiger partial charge < -0.3 is 34.5 Å². The molecule has 0 bridgehead atoms. The number of pyridine rings is 2. The molecule has 0 saturated heterocycles. The van der Waals surface area contributed by atoms with E-state index in [1.54, 1.807) is 38.1 Å². The molecule has 2 aromatic heterocycles. The van der Waals surface area contributed by atoms with E-state index in [0.717, 1.165) is 11.6 Å². The lowest BCUT2D eigenvalue weighted by molar-refractivity contribution is -0.270. The monoisotopic (exact) mass is 697 g/mol. The van der Waals surface area contributed by atoms with E-state index in [9.17, 15) is 27.9 Å². The van der Waals surface area contributed by atoms with Crippen LogP contribution in [-0.4, -0.2) is 65.7 Å². The summed E-state index contributed by atoms with van der Waals surface area (Å²) in [5.74, 6) is -0.179. The number of ketones is 1. The van der Waals surface area contributed by atoms with E-state index in [1.165, 1.54) is 56.8 Å². The van der Waals surface area contributed by atoms with Gasteiger partial charge in [0, 0.05) is 29.8 Å². The lowest BCUT2D eigenvalue weighted by Gasteiger charge is -2.33. The number of aliphatic hydroxyl groups excluding tert-OH is 1. The highest BCUT2D eigenvalue weighted by Crippen LogP contribution is 2.44. The molecule has 11 nitrogen and oxygen atoms in total. The van der Waals surface area contributed by atoms with E-state index in [2.05, 4.69) is 15.3 Å². The van der Waals surface area contributed by atoms with Crippen molar-refractivity contribution < 1.29 is 51.9 Å². The molecule has 50 heavy (non-hydrogen) atoms. The van der Waals surface area contributed by atoms with Crippen LogP contribution in [0.25, 0.3) is 11.3 Å². The van der Waals surface area contributed by atoms with Crippen molar-refractivity contribution in [2.24, 2.45) is 0 Å². The number of amides is 1. The predicted octanol–water partition coefficient (Wildman–Crippen LogP) is 6.11. The number of ether oxygens (including phenoxy) is 4. The summed E-state index contributed by atoms with van der Waals surface area (Å²) in [4.78, 5) is 34.3. The molecule has 0 aliphatic rings. The fourth-order valence-corrected chi connectivity index (χ4v) is 4.99. The molecule has 1 amide bonds. The minimum Gasteiger partial charge on any atom is -0.493 e. The van der Waals surface area contributed by atoms with Gasteiger partial charge >= 0.3 is 12.3 Å². The van der Waals surface area contributed by atoms with Crippen LogP contribution in [0.15, 0.2) is 79.0 Å². The number of aromatic nitrogens is 2. The molecule has 0 saturated carbocycles. The molecule has 0 fully saturated rings. The lowest BCUT2D eigenvalue weighted by atomic mass is 9.86. The number of carbonyl (C=O) groups is 2. The Morgan fingerprint density at radius 3 is 2.32 bits per heavy atom. The van der Waals surface area contributed by atoms with Crippen LogP contribution in [0.2, 0.25) is 0 Å². The van der Waals surface area contributed by atoms with Crippen LogP contribution < -0.4 is 19.5 Å². The molecule has 1 atom stereocenters. The van der Waals surface area contributed by atoms with E-state index < -0.39 is 47.7 Å². The number of nitrogens with zero attached hydrogens (tertiary/aromatic N) is 2. The number of methoxy groups -OCH3 is 2. The Morgan fingerprint density at radius 2 is 1.66 bits per heavy atom. The Morgan fingerprint density at radius 1 is 0.920 bits per heavy atom. The minimum absolute atomic E-state index is 0.0166. The molecule has 2 heterocycles. The van der Waals surface area contributed by atoms with Crippen molar-refractivity contribution in [2.75, 3.05) is 27.4 Å². The summed E-state index contributed by atoms with van der Waals surface area (Å²) in [6.07, 6.45) is -6.53. The van der Waals surface area contributed by atoms with Gasteiger partial charge in [0.05, 0.1) is 37.8 Å². The Bertz CT molecular complexity index is 1790. The third kappa shape index (κ3) is 9.07. The van der Waals surface area contributed by atoms with Gasteiger partial charge in [0.1, 0.15) is 13.2 Å². The van der Waals surface area contributed by atoms with Crippen LogP contribution in [0, 0.1) is 0 Å². The third-order valence-corrected chi connectivity index (χ3v) is 7.86. The van der Waals surface area contributed by atoms with E-state index >= 15 is 0 Å². The van der Waals surface area contributed by atoms with E-state index in [-0.39, 0.29) is 54.0 Å². The number of Topliss-reactive ketones (excluding diaryl/α,β-unsaturated/α-hetero) is 1. The summed E-state index contributed by atoms with van der Waals surface area (Å²) in [6, 6.07) is 18.5. The molecule has 4 aromatic rings. The van der Waals surface area contributed by atoms with Crippen LogP contribution in [0.3, 0.4) is 0 Å². The Balaban J connectivity index is 1.70. The molecule has 0 aliphatic heterocycles. The van der Waals surface area contributed by atoms with Gasteiger partial charge in [0.15, 0.2) is 17.3 Å². The molecule has 1 unspecified atom stereocenters. The number of carbonyl (C=O) groups excluding carboxylic acids is 2. The number of benzene rings is 2. The van der Waals surface area contributed by atoms with Crippen molar-refractivity contribution in [1.29, 1.82) is 0 Å². The van der Waals surface area contributed by atoms with Crippen molar-refractivity contribution in [1.82, 2.24) is 15.3 Å². The number of nitrogens with one attached hydrogen (secondary N) is 1. The van der Waals surface area contributed by atoms with Crippen LogP contribution in [0.4, 0.5) is 18.0 Å². The number of halogens is 3. The first-order chi connectivity index (χ1) is 23.7. The highest BCUT2D eigenvalue weighted by Gasteiger charge is 2.56. The number of alkyl carbamates (subject to hydrolysis) is 1. The van der Waals surface area contributed by atoms with Gasteiger partial charge in [-0.3, -0.25) is 4.79 Å². The number of aliphatic hydroxyl groups is 2. The van der Waals surface area contributed by atoms with Gasteiger partial charge in [-0.1, -0.05) is 30.3 Å². The van der Waals surface area contributed by atoms with Gasteiger partial charge in [-0.05, 0) is 67.8 Å². The molecule has 0 aliphatic carbocycles. The second-order valence-corrected chi connectivity index (χ2v) is 11.7. The molecule has 4 rings (SSSR count). The third-order valence-electron chi connectivity index (χ3n) is 7.86. The maximum absolute atomic E-state index is 14.9. The van der Waals surface area contributed by atoms with Crippen LogP contribution in [0.1, 0.15) is 53.9 Å². The summed E-state index contributed by atoms with van der Waals surface area (Å²) in [6.45, 7) is 2.77. The first kappa shape index (κ1) is 37.6. The second-order valence-electron chi connectivity index (χ2n) is 11.7. The minimum atomic E-state index is -5.28. The summed E-state index contributed by atoms with van der Waals surface area (Å²) < 4.78 is 65.8. The van der Waals surface area contributed by atoms with Crippen LogP contribution in [-0.2, 0) is 22.5 Å². The summed E-state index contributed by atoms with van der Waals surface area (Å²) in [7, 11) is 2.70. The van der Waals surface area contributed by atoms with Crippen molar-refractivity contribution >= 4 is 11.9 Å². The lowest BCUT2D eigenvalue weighted by Crippen LogP contribution is -2.45. The molecule has 2 aromatic carbocycles. The smallest absolute Gasteiger partial charge is 0.422 e. The van der Waals surface area contributed by atoms with Crippen molar-refractivity contribution in [3.8, 4) is 28.6 Å². The zero-order valence-electron chi connectivity index (χ0n) is 27.9. The quantitative estimate of drug-likeness (QED) is 0.124. The zero-order valence-corrected chi connectivity index (χ0v) is 27.9. The second kappa shape index (κ2) is 16.0. The molecule has 266 valence electrons. The summed E-state index contributed by atoms with van der Waals surface area (Å²) >= 11 is 0. The molecule has 3 N–H and O–H groups in total. The molecule has 14 heteroatoms. The Hall–Kier alpha value is -5.21. The zero-order chi connectivity index (χ0) is 36.5. The molecular formula is C36H38F3N3O8. The van der Waals surface area contributed by atoms with Gasteiger partial charge in [-0.15, -0.1) is 0 Å². The largest absolute Gasteiger partial charge is 0.493 e. The Kier molecular flexibility index (Phi) is 12.0. The van der Waals surface area contributed by atoms with E-state index in [4.69, 9.17) is 24.1 Å². The van der Waals surface area contributed by atoms with Crippen molar-refractivity contribution in [3.63, 3.8) is 0 Å². The molecular weight excluding hydrogens is 659 g/mol. The number of hydrogen-bond acceptors (Lipinski definition) is 10. The van der Waals surface area contributed by atoms with Gasteiger partial charge in [-0.25, -0.2) is 14.8 Å². The summed E-state index contributed by atoms with van der Waals surface area (Å²) in [5.41, 5.74) is -4.48. The summed E-state index contributed by atoms with van der Waals surface area (Å²) in [5, 5.41) is 23.2. The average molecular weight is 698 g/mol. The molecule has 0 radical (unpaired) electrons. The first-order valence-corrected chi connectivity index (χ1v) is 15.5. The fourth-order valence-electron chi connectivity index (χ4n) is 4.99. The normalized spacial score (nSPS) is 12.8. The average Bonchev–Trinajstić information content (AvgIpc) is 3.11. The highest BCUT2D eigenvalue weighted by molar-refractivity contribution is 5.96.